The van der Waals surface area contributed by atoms with Gasteiger partial charge in [-0.05, 0) is 78.6 Å². The Morgan fingerprint density at radius 1 is 1.05 bits per heavy atom. The summed E-state index contributed by atoms with van der Waals surface area (Å²) in [4.78, 5) is 21.8. The zero-order chi connectivity index (χ0) is 42.0. The topological polar surface area (TPSA) is 139 Å². The fourth-order valence-electron chi connectivity index (χ4n) is 8.08. The van der Waals surface area contributed by atoms with E-state index in [-0.39, 0.29) is 42.3 Å². The highest BCUT2D eigenvalue weighted by Crippen LogP contribution is 2.43. The highest BCUT2D eigenvalue weighted by atomic mass is 35.5. The minimum atomic E-state index is -4.60. The summed E-state index contributed by atoms with van der Waals surface area (Å²) < 4.78 is 74.4. The Balaban J connectivity index is 0.989. The SMILES string of the molecule is CC1(C)CCC(CN2CCN(c3ccc(C(=O)NS(=O)(=O)c4cnc(OCC5CCOC(F)C5)c(F)c4)c(Oc4cccc5[nH]ncc45)c3)CC2)=C(c2ccc(Cl)cc2)C1. The number of carbonyl (C=O) groups is 1. The van der Waals surface area contributed by atoms with Crippen molar-refractivity contribution in [2.24, 2.45) is 11.3 Å². The molecule has 2 aliphatic heterocycles. The maximum absolute atomic E-state index is 15.1. The molecule has 12 nitrogen and oxygen atoms in total. The number of carbonyl (C=O) groups excluding carboxylic acids is 1. The Morgan fingerprint density at radius 3 is 2.62 bits per heavy atom. The van der Waals surface area contributed by atoms with Gasteiger partial charge in [-0.1, -0.05) is 49.2 Å². The largest absolute Gasteiger partial charge is 0.475 e. The molecule has 2 unspecified atom stereocenters. The Hall–Kier alpha value is -5.09. The predicted molar refractivity (Wildman–Crippen MR) is 225 cm³/mol. The third-order valence-electron chi connectivity index (χ3n) is 11.5. The average Bonchev–Trinajstić information content (AvgIpc) is 3.72. The van der Waals surface area contributed by atoms with Gasteiger partial charge in [0.15, 0.2) is 12.2 Å². The zero-order valence-corrected chi connectivity index (χ0v) is 35.0. The van der Waals surface area contributed by atoms with E-state index in [2.05, 4.69) is 51.0 Å². The summed E-state index contributed by atoms with van der Waals surface area (Å²) in [5.41, 5.74) is 5.77. The molecule has 2 aromatic heterocycles. The van der Waals surface area contributed by atoms with Crippen molar-refractivity contribution in [3.05, 3.63) is 107 Å². The maximum atomic E-state index is 15.1. The lowest BCUT2D eigenvalue weighted by molar-refractivity contribution is -0.0919. The minimum Gasteiger partial charge on any atom is -0.475 e. The van der Waals surface area contributed by atoms with Gasteiger partial charge in [0, 0.05) is 67.9 Å². The van der Waals surface area contributed by atoms with Crippen LogP contribution < -0.4 is 19.1 Å². The second-order valence-corrected chi connectivity index (χ2v) is 18.6. The van der Waals surface area contributed by atoms with Gasteiger partial charge in [-0.2, -0.15) is 5.10 Å². The minimum absolute atomic E-state index is 0.0135. The van der Waals surface area contributed by atoms with Crippen molar-refractivity contribution in [1.82, 2.24) is 24.8 Å². The lowest BCUT2D eigenvalue weighted by Gasteiger charge is -2.39. The number of fused-ring (bicyclic) bond motifs is 1. The van der Waals surface area contributed by atoms with Crippen LogP contribution in [0.4, 0.5) is 14.5 Å². The van der Waals surface area contributed by atoms with Gasteiger partial charge in [-0.3, -0.25) is 14.8 Å². The number of sulfonamides is 1. The van der Waals surface area contributed by atoms with Crippen LogP contribution in [-0.4, -0.2) is 86.7 Å². The van der Waals surface area contributed by atoms with Crippen molar-refractivity contribution in [2.75, 3.05) is 50.8 Å². The van der Waals surface area contributed by atoms with Gasteiger partial charge in [0.2, 0.25) is 5.88 Å². The molecule has 0 radical (unpaired) electrons. The summed E-state index contributed by atoms with van der Waals surface area (Å²) in [5.74, 6) is -2.14. The number of nitrogens with one attached hydrogen (secondary N) is 2. The molecule has 2 atom stereocenters. The summed E-state index contributed by atoms with van der Waals surface area (Å²) in [5, 5.41) is 8.41. The van der Waals surface area contributed by atoms with Crippen molar-refractivity contribution in [1.29, 1.82) is 0 Å². The van der Waals surface area contributed by atoms with E-state index in [9.17, 15) is 17.6 Å². The zero-order valence-electron chi connectivity index (χ0n) is 33.4. The summed E-state index contributed by atoms with van der Waals surface area (Å²) >= 11 is 6.23. The first-order valence-electron chi connectivity index (χ1n) is 20.1. The third kappa shape index (κ3) is 9.59. The number of anilines is 1. The highest BCUT2D eigenvalue weighted by Gasteiger charge is 2.31. The van der Waals surface area contributed by atoms with Gasteiger partial charge in [0.05, 0.1) is 42.1 Å². The average molecular weight is 861 g/mol. The number of piperazine rings is 1. The second kappa shape index (κ2) is 17.5. The quantitative estimate of drug-likeness (QED) is 0.126. The van der Waals surface area contributed by atoms with E-state index in [1.165, 1.54) is 22.8 Å². The number of aromatic nitrogens is 3. The maximum Gasteiger partial charge on any atom is 0.268 e. The van der Waals surface area contributed by atoms with E-state index in [4.69, 9.17) is 25.8 Å². The number of aromatic amines is 1. The highest BCUT2D eigenvalue weighted by molar-refractivity contribution is 7.90. The molecule has 1 amide bonds. The Morgan fingerprint density at radius 2 is 1.85 bits per heavy atom. The van der Waals surface area contributed by atoms with E-state index < -0.39 is 38.9 Å². The molecule has 8 rings (SSSR count). The molecule has 2 fully saturated rings. The molecule has 0 spiro atoms. The molecule has 2 N–H and O–H groups in total. The number of alkyl halides is 1. The van der Waals surface area contributed by atoms with Crippen LogP contribution in [-0.2, 0) is 14.8 Å². The summed E-state index contributed by atoms with van der Waals surface area (Å²) in [6.45, 7) is 8.81. The standard InChI is InChI=1S/C44H47ClF2N6O6S/c1-44(2)14-12-30(35(23-44)29-6-8-31(45)9-7-29)26-52-15-17-53(18-16-52)32-10-11-34(40(21-32)59-39-5-3-4-38-36(39)25-49-50-38)42(54)51-60(55,56)33-22-37(46)43(48-24-33)58-27-28-13-19-57-41(47)20-28/h3-11,21-22,24-25,28,41H,12-20,23,26-27H2,1-2H3,(H,49,50)(H,51,54). The lowest BCUT2D eigenvalue weighted by Crippen LogP contribution is -2.47. The Labute approximate surface area is 352 Å². The molecule has 3 aromatic carbocycles. The van der Waals surface area contributed by atoms with Gasteiger partial charge in [-0.15, -0.1) is 0 Å². The summed E-state index contributed by atoms with van der Waals surface area (Å²) in [6.07, 6.45) is 4.91. The third-order valence-corrected chi connectivity index (χ3v) is 13.1. The number of H-pyrrole nitrogens is 1. The molecule has 1 aliphatic carbocycles. The van der Waals surface area contributed by atoms with Crippen molar-refractivity contribution in [3.63, 3.8) is 0 Å². The van der Waals surface area contributed by atoms with Crippen LogP contribution in [0.5, 0.6) is 17.4 Å². The lowest BCUT2D eigenvalue weighted by atomic mass is 9.72. The number of nitrogens with zero attached hydrogens (tertiary/aromatic N) is 4. The number of hydrogen-bond acceptors (Lipinski definition) is 10. The van der Waals surface area contributed by atoms with Gasteiger partial charge in [-0.25, -0.2) is 26.9 Å². The van der Waals surface area contributed by atoms with Crippen LogP contribution >= 0.6 is 11.6 Å². The van der Waals surface area contributed by atoms with Crippen molar-refractivity contribution in [3.8, 4) is 17.4 Å². The molecular formula is C44H47ClF2N6O6S. The fraction of sp³-hybridized carbons (Fsp3) is 0.386. The molecular weight excluding hydrogens is 814 g/mol. The van der Waals surface area contributed by atoms with Crippen molar-refractivity contribution >= 4 is 49.7 Å². The van der Waals surface area contributed by atoms with Crippen LogP contribution in [0.15, 0.2) is 89.6 Å². The van der Waals surface area contributed by atoms with Gasteiger partial charge < -0.3 is 19.1 Å². The van der Waals surface area contributed by atoms with Crippen LogP contribution in [0.1, 0.15) is 61.9 Å². The van der Waals surface area contributed by atoms with E-state index in [1.807, 2.05) is 22.9 Å². The number of benzene rings is 3. The monoisotopic (exact) mass is 860 g/mol. The molecule has 0 saturated carbocycles. The molecule has 0 bridgehead atoms. The van der Waals surface area contributed by atoms with Gasteiger partial charge in [0.25, 0.3) is 15.9 Å². The first-order chi connectivity index (χ1) is 28.8. The van der Waals surface area contributed by atoms with E-state index in [0.29, 0.717) is 23.1 Å². The second-order valence-electron chi connectivity index (χ2n) is 16.4. The van der Waals surface area contributed by atoms with Crippen molar-refractivity contribution in [2.45, 2.75) is 57.2 Å². The Bertz CT molecular complexity index is 2510. The number of pyridine rings is 1. The molecule has 5 aromatic rings. The van der Waals surface area contributed by atoms with E-state index in [0.717, 1.165) is 75.0 Å². The first-order valence-corrected chi connectivity index (χ1v) is 22.0. The van der Waals surface area contributed by atoms with Crippen LogP contribution in [0.2, 0.25) is 5.02 Å². The number of hydrogen-bond donors (Lipinski definition) is 2. The molecule has 2 saturated heterocycles. The number of halogens is 3. The Kier molecular flexibility index (Phi) is 12.1. The smallest absolute Gasteiger partial charge is 0.268 e. The van der Waals surface area contributed by atoms with E-state index >= 15 is 4.39 Å². The van der Waals surface area contributed by atoms with Crippen molar-refractivity contribution < 1.29 is 36.2 Å². The fourth-order valence-corrected chi connectivity index (χ4v) is 9.13. The number of allylic oxidation sites excluding steroid dienone is 1. The van der Waals surface area contributed by atoms with Crippen LogP contribution in [0, 0.1) is 17.2 Å². The molecule has 60 heavy (non-hydrogen) atoms. The molecule has 4 heterocycles. The van der Waals surface area contributed by atoms with E-state index in [1.54, 1.807) is 30.5 Å². The summed E-state index contributed by atoms with van der Waals surface area (Å²) in [6, 6.07) is 19.3. The number of amides is 1. The van der Waals surface area contributed by atoms with Crippen LogP contribution in [0.25, 0.3) is 16.5 Å². The van der Waals surface area contributed by atoms with Gasteiger partial charge >= 0.3 is 0 Å². The van der Waals surface area contributed by atoms with Gasteiger partial charge in [0.1, 0.15) is 16.4 Å². The number of rotatable bonds is 12. The first kappa shape index (κ1) is 41.6. The molecule has 316 valence electrons. The molecule has 16 heteroatoms. The summed E-state index contributed by atoms with van der Waals surface area (Å²) in [7, 11) is -4.60. The number of ether oxygens (including phenoxy) is 3. The normalized spacial score (nSPS) is 20.0. The van der Waals surface area contributed by atoms with Crippen LogP contribution in [0.3, 0.4) is 0 Å². The predicted octanol–water partition coefficient (Wildman–Crippen LogP) is 8.55. The molecule has 3 aliphatic rings.